The Bertz CT molecular complexity index is 554. The van der Waals surface area contributed by atoms with Crippen LogP contribution in [0.4, 0.5) is 5.69 Å². The second-order valence-corrected chi connectivity index (χ2v) is 6.66. The molecule has 0 bridgehead atoms. The molecule has 6 nitrogen and oxygen atoms in total. The molecular formula is C13H22NO5S+. The fourth-order valence-electron chi connectivity index (χ4n) is 1.97. The lowest BCUT2D eigenvalue weighted by Crippen LogP contribution is -2.41. The molecule has 0 spiro atoms. The van der Waals surface area contributed by atoms with E-state index in [2.05, 4.69) is 0 Å². The van der Waals surface area contributed by atoms with E-state index >= 15 is 0 Å². The third kappa shape index (κ3) is 4.66. The van der Waals surface area contributed by atoms with E-state index in [1.54, 1.807) is 14.2 Å². The number of benzene rings is 1. The molecule has 0 amide bonds. The number of ether oxygens (including phenoxy) is 2. The third-order valence-corrected chi connectivity index (χ3v) is 3.99. The van der Waals surface area contributed by atoms with Crippen molar-refractivity contribution in [1.82, 2.24) is 4.48 Å². The van der Waals surface area contributed by atoms with Crippen LogP contribution in [0, 0.1) is 0 Å². The van der Waals surface area contributed by atoms with Gasteiger partial charge in [0.2, 0.25) is 0 Å². The van der Waals surface area contributed by atoms with E-state index < -0.39 is 10.1 Å². The van der Waals surface area contributed by atoms with Crippen molar-refractivity contribution in [3.05, 3.63) is 18.2 Å². The zero-order valence-corrected chi connectivity index (χ0v) is 13.1. The average molecular weight is 304 g/mol. The first-order valence-corrected chi connectivity index (χ1v) is 7.81. The predicted molar refractivity (Wildman–Crippen MR) is 79.1 cm³/mol. The van der Waals surface area contributed by atoms with Gasteiger partial charge in [0.1, 0.15) is 5.69 Å². The SMILES string of the molecule is COc1ccc([N+](C)(C)CCCS(=O)(=O)O)cc1OC. The summed E-state index contributed by atoms with van der Waals surface area (Å²) in [5, 5.41) is 0. The summed E-state index contributed by atoms with van der Waals surface area (Å²) in [4.78, 5) is 0. The van der Waals surface area contributed by atoms with E-state index in [1.807, 2.05) is 32.3 Å². The highest BCUT2D eigenvalue weighted by Gasteiger charge is 2.21. The van der Waals surface area contributed by atoms with Crippen molar-refractivity contribution in [2.75, 3.05) is 40.6 Å². The molecule has 114 valence electrons. The van der Waals surface area contributed by atoms with E-state index in [9.17, 15) is 8.42 Å². The lowest BCUT2D eigenvalue weighted by molar-refractivity contribution is 0.350. The van der Waals surface area contributed by atoms with Gasteiger partial charge in [0.05, 0.1) is 40.6 Å². The van der Waals surface area contributed by atoms with Crippen molar-refractivity contribution < 1.29 is 22.4 Å². The summed E-state index contributed by atoms with van der Waals surface area (Å²) in [5.41, 5.74) is 0.970. The summed E-state index contributed by atoms with van der Waals surface area (Å²) in [6.07, 6.45) is 0.375. The van der Waals surface area contributed by atoms with E-state index in [0.29, 0.717) is 28.9 Å². The maximum absolute atomic E-state index is 10.7. The van der Waals surface area contributed by atoms with Crippen LogP contribution in [0.25, 0.3) is 0 Å². The Labute approximate surface area is 120 Å². The van der Waals surface area contributed by atoms with Crippen LogP contribution in [0.15, 0.2) is 18.2 Å². The molecule has 0 saturated carbocycles. The zero-order chi connectivity index (χ0) is 15.4. The topological polar surface area (TPSA) is 72.8 Å². The quantitative estimate of drug-likeness (QED) is 0.611. The number of hydrogen-bond donors (Lipinski definition) is 1. The van der Waals surface area contributed by atoms with Crippen LogP contribution >= 0.6 is 0 Å². The molecule has 0 saturated heterocycles. The van der Waals surface area contributed by atoms with Gasteiger partial charge in [0.25, 0.3) is 10.1 Å². The standard InChI is InChI=1S/C13H21NO5S/c1-14(2,8-5-9-20(15,16)17)11-6-7-12(18-3)13(10-11)19-4/h6-7,10H,5,8-9H2,1-4H3/p+1. The molecular weight excluding hydrogens is 282 g/mol. The summed E-state index contributed by atoms with van der Waals surface area (Å²) in [6, 6.07) is 5.60. The zero-order valence-electron chi connectivity index (χ0n) is 12.3. The van der Waals surface area contributed by atoms with Crippen LogP contribution in [-0.4, -0.2) is 53.6 Å². The Morgan fingerprint density at radius 1 is 1.15 bits per heavy atom. The largest absolute Gasteiger partial charge is 0.493 e. The molecule has 0 aliphatic carbocycles. The van der Waals surface area contributed by atoms with E-state index in [1.165, 1.54) is 0 Å². The fraction of sp³-hybridized carbons (Fsp3) is 0.538. The first kappa shape index (κ1) is 16.7. The highest BCUT2D eigenvalue weighted by Crippen LogP contribution is 2.33. The van der Waals surface area contributed by atoms with Crippen molar-refractivity contribution in [3.63, 3.8) is 0 Å². The Balaban J connectivity index is 2.86. The predicted octanol–water partition coefficient (Wildman–Crippen LogP) is 1.55. The monoisotopic (exact) mass is 304 g/mol. The number of methoxy groups -OCH3 is 2. The Kier molecular flexibility index (Phi) is 5.38. The second kappa shape index (κ2) is 6.43. The van der Waals surface area contributed by atoms with Gasteiger partial charge in [-0.15, -0.1) is 0 Å². The molecule has 0 aromatic heterocycles. The van der Waals surface area contributed by atoms with Crippen molar-refractivity contribution in [3.8, 4) is 11.5 Å². The Morgan fingerprint density at radius 2 is 1.75 bits per heavy atom. The molecule has 0 aliphatic heterocycles. The minimum Gasteiger partial charge on any atom is -0.493 e. The summed E-state index contributed by atoms with van der Waals surface area (Å²) < 4.78 is 41.2. The van der Waals surface area contributed by atoms with Gasteiger partial charge in [-0.05, 0) is 6.07 Å². The Morgan fingerprint density at radius 3 is 2.25 bits per heavy atom. The number of nitrogens with zero attached hydrogens (tertiary/aromatic N) is 1. The van der Waals surface area contributed by atoms with Crippen molar-refractivity contribution in [1.29, 1.82) is 0 Å². The van der Waals surface area contributed by atoms with E-state index in [0.717, 1.165) is 5.69 Å². The smallest absolute Gasteiger partial charge is 0.265 e. The number of quaternary nitrogens is 1. The highest BCUT2D eigenvalue weighted by atomic mass is 32.2. The molecule has 0 unspecified atom stereocenters. The van der Waals surface area contributed by atoms with Gasteiger partial charge >= 0.3 is 0 Å². The van der Waals surface area contributed by atoms with Crippen LogP contribution in [0.5, 0.6) is 11.5 Å². The molecule has 0 heterocycles. The normalized spacial score (nSPS) is 12.2. The first-order valence-electron chi connectivity index (χ1n) is 6.20. The van der Waals surface area contributed by atoms with Gasteiger partial charge in [0, 0.05) is 18.6 Å². The maximum atomic E-state index is 10.7. The first-order chi connectivity index (χ1) is 9.19. The fourth-order valence-corrected chi connectivity index (χ4v) is 2.47. The van der Waals surface area contributed by atoms with Crippen LogP contribution in [0.2, 0.25) is 0 Å². The van der Waals surface area contributed by atoms with Gasteiger partial charge in [-0.2, -0.15) is 8.42 Å². The second-order valence-electron chi connectivity index (χ2n) is 5.09. The summed E-state index contributed by atoms with van der Waals surface area (Å²) in [6.45, 7) is 0.579. The molecule has 0 radical (unpaired) electrons. The van der Waals surface area contributed by atoms with Crippen molar-refractivity contribution >= 4 is 15.8 Å². The minimum atomic E-state index is -3.91. The molecule has 1 N–H and O–H groups in total. The Hall–Kier alpha value is -1.31. The molecule has 1 rings (SSSR count). The molecule has 20 heavy (non-hydrogen) atoms. The minimum absolute atomic E-state index is 0.234. The number of hydrogen-bond acceptors (Lipinski definition) is 4. The highest BCUT2D eigenvalue weighted by molar-refractivity contribution is 7.85. The summed E-state index contributed by atoms with van der Waals surface area (Å²) in [7, 11) is 3.16. The van der Waals surface area contributed by atoms with Crippen LogP contribution in [0.3, 0.4) is 0 Å². The average Bonchev–Trinajstić information content (AvgIpc) is 2.36. The van der Waals surface area contributed by atoms with Crippen molar-refractivity contribution in [2.24, 2.45) is 0 Å². The lowest BCUT2D eigenvalue weighted by Gasteiger charge is -2.29. The number of rotatable bonds is 7. The lowest BCUT2D eigenvalue weighted by atomic mass is 10.2. The molecule has 0 fully saturated rings. The molecule has 1 aromatic rings. The van der Waals surface area contributed by atoms with Gasteiger partial charge in [-0.1, -0.05) is 0 Å². The van der Waals surface area contributed by atoms with Gasteiger partial charge < -0.3 is 9.47 Å². The van der Waals surface area contributed by atoms with Crippen LogP contribution in [0.1, 0.15) is 6.42 Å². The van der Waals surface area contributed by atoms with Gasteiger partial charge in [-0.3, -0.25) is 9.04 Å². The summed E-state index contributed by atoms with van der Waals surface area (Å²) in [5.74, 6) is 1.04. The van der Waals surface area contributed by atoms with Gasteiger partial charge in [-0.25, -0.2) is 0 Å². The molecule has 0 atom stereocenters. The third-order valence-electron chi connectivity index (χ3n) is 3.19. The molecule has 0 aliphatic rings. The molecule has 7 heteroatoms. The van der Waals surface area contributed by atoms with E-state index in [-0.39, 0.29) is 5.75 Å². The van der Waals surface area contributed by atoms with Gasteiger partial charge in [0.15, 0.2) is 11.5 Å². The summed E-state index contributed by atoms with van der Waals surface area (Å²) >= 11 is 0. The van der Waals surface area contributed by atoms with Crippen LogP contribution in [-0.2, 0) is 10.1 Å². The van der Waals surface area contributed by atoms with E-state index in [4.69, 9.17) is 14.0 Å². The maximum Gasteiger partial charge on any atom is 0.265 e. The molecule has 1 aromatic carbocycles. The van der Waals surface area contributed by atoms with Crippen LogP contribution < -0.4 is 14.0 Å². The van der Waals surface area contributed by atoms with Crippen molar-refractivity contribution in [2.45, 2.75) is 6.42 Å².